The summed E-state index contributed by atoms with van der Waals surface area (Å²) in [6.45, 7) is 4.35. The van der Waals surface area contributed by atoms with Crippen molar-refractivity contribution >= 4 is 23.3 Å². The second kappa shape index (κ2) is 8.37. The fourth-order valence-corrected chi connectivity index (χ4v) is 4.64. The molecule has 2 fully saturated rings. The fourth-order valence-electron chi connectivity index (χ4n) is 4.64. The zero-order valence-corrected chi connectivity index (χ0v) is 18.0. The van der Waals surface area contributed by atoms with Gasteiger partial charge in [-0.15, -0.1) is 5.10 Å². The number of piperidine rings is 1. The average molecular weight is 440 g/mol. The molecule has 0 bridgehead atoms. The van der Waals surface area contributed by atoms with Crippen molar-refractivity contribution in [1.82, 2.24) is 19.5 Å². The maximum atomic E-state index is 14.4. The standard InChI is InChI=1S/C23H26F2N6O/c1-15-8-11-29(12-9-15)23(32)27-22-14-26-20-6-7-21(28-31(20)22)30-10-2-3-19(30)17-13-16(24)4-5-18(17)25/h4-7,13-15,19H,2-3,8-12H2,1H3,(H,27,32)/t19-/m1/s1. The number of likely N-dealkylation sites (tertiary alicyclic amines) is 1. The number of benzene rings is 1. The summed E-state index contributed by atoms with van der Waals surface area (Å²) in [6.07, 6.45) is 5.14. The molecule has 3 aromatic rings. The quantitative estimate of drug-likeness (QED) is 0.646. The largest absolute Gasteiger partial charge is 0.348 e. The van der Waals surface area contributed by atoms with Gasteiger partial charge < -0.3 is 9.80 Å². The first-order valence-corrected chi connectivity index (χ1v) is 11.1. The molecule has 9 heteroatoms. The summed E-state index contributed by atoms with van der Waals surface area (Å²) in [5.41, 5.74) is 0.937. The number of imidazole rings is 1. The molecular weight excluding hydrogens is 414 g/mol. The minimum absolute atomic E-state index is 0.160. The van der Waals surface area contributed by atoms with Gasteiger partial charge in [-0.1, -0.05) is 6.92 Å². The number of rotatable bonds is 3. The highest BCUT2D eigenvalue weighted by Crippen LogP contribution is 2.36. The Morgan fingerprint density at radius 3 is 2.72 bits per heavy atom. The summed E-state index contributed by atoms with van der Waals surface area (Å²) in [5, 5.41) is 7.61. The van der Waals surface area contributed by atoms with Crippen LogP contribution in [0.1, 0.15) is 44.2 Å². The summed E-state index contributed by atoms with van der Waals surface area (Å²) >= 11 is 0. The molecule has 0 radical (unpaired) electrons. The number of hydrogen-bond acceptors (Lipinski definition) is 4. The number of halogens is 2. The number of nitrogens with zero attached hydrogens (tertiary/aromatic N) is 5. The van der Waals surface area contributed by atoms with Crippen LogP contribution < -0.4 is 10.2 Å². The van der Waals surface area contributed by atoms with E-state index in [1.54, 1.807) is 10.7 Å². The molecule has 0 spiro atoms. The van der Waals surface area contributed by atoms with Gasteiger partial charge in [0.2, 0.25) is 0 Å². The number of urea groups is 1. The first kappa shape index (κ1) is 20.7. The Morgan fingerprint density at radius 1 is 1.09 bits per heavy atom. The van der Waals surface area contributed by atoms with E-state index in [0.717, 1.165) is 38.4 Å². The molecule has 4 heterocycles. The predicted octanol–water partition coefficient (Wildman–Crippen LogP) is 4.61. The smallest absolute Gasteiger partial charge is 0.323 e. The van der Waals surface area contributed by atoms with E-state index >= 15 is 0 Å². The van der Waals surface area contributed by atoms with Gasteiger partial charge in [-0.2, -0.15) is 4.52 Å². The zero-order valence-electron chi connectivity index (χ0n) is 18.0. The van der Waals surface area contributed by atoms with Gasteiger partial charge in [0.1, 0.15) is 17.5 Å². The van der Waals surface area contributed by atoms with Crippen LogP contribution in [-0.4, -0.2) is 45.2 Å². The number of nitrogens with one attached hydrogen (secondary N) is 1. The third-order valence-electron chi connectivity index (χ3n) is 6.52. The Kier molecular flexibility index (Phi) is 5.40. The summed E-state index contributed by atoms with van der Waals surface area (Å²) in [7, 11) is 0. The van der Waals surface area contributed by atoms with E-state index in [4.69, 9.17) is 0 Å². The van der Waals surface area contributed by atoms with Gasteiger partial charge in [-0.05, 0) is 61.9 Å². The van der Waals surface area contributed by atoms with E-state index < -0.39 is 11.6 Å². The molecule has 0 saturated carbocycles. The molecule has 2 saturated heterocycles. The van der Waals surface area contributed by atoms with E-state index in [1.165, 1.54) is 12.1 Å². The number of carbonyl (C=O) groups is 1. The molecule has 32 heavy (non-hydrogen) atoms. The van der Waals surface area contributed by atoms with Gasteiger partial charge >= 0.3 is 6.03 Å². The summed E-state index contributed by atoms with van der Waals surface area (Å²) in [5.74, 6) is 0.872. The second-order valence-corrected chi connectivity index (χ2v) is 8.72. The highest BCUT2D eigenvalue weighted by atomic mass is 19.1. The van der Waals surface area contributed by atoms with Crippen molar-refractivity contribution in [3.8, 4) is 0 Å². The number of carbonyl (C=O) groups excluding carboxylic acids is 1. The third kappa shape index (κ3) is 3.87. The lowest BCUT2D eigenvalue weighted by atomic mass is 10.00. The summed E-state index contributed by atoms with van der Waals surface area (Å²) in [6, 6.07) is 6.75. The van der Waals surface area contributed by atoms with Crippen LogP contribution in [0.25, 0.3) is 5.65 Å². The van der Waals surface area contributed by atoms with Crippen LogP contribution in [0.15, 0.2) is 36.5 Å². The highest BCUT2D eigenvalue weighted by Gasteiger charge is 2.30. The fraction of sp³-hybridized carbons (Fsp3) is 0.435. The molecule has 1 N–H and O–H groups in total. The molecule has 2 aliphatic heterocycles. The Balaban J connectivity index is 1.41. The first-order chi connectivity index (χ1) is 15.5. The van der Waals surface area contributed by atoms with Gasteiger partial charge in [-0.25, -0.2) is 18.6 Å². The normalized spacial score (nSPS) is 19.7. The van der Waals surface area contributed by atoms with Gasteiger partial charge in [0.25, 0.3) is 0 Å². The molecule has 5 rings (SSSR count). The van der Waals surface area contributed by atoms with Crippen molar-refractivity contribution in [2.45, 2.75) is 38.6 Å². The van der Waals surface area contributed by atoms with Gasteiger partial charge in [0, 0.05) is 25.2 Å². The van der Waals surface area contributed by atoms with E-state index in [1.807, 2.05) is 21.9 Å². The molecular formula is C23H26F2N6O. The van der Waals surface area contributed by atoms with Crippen LogP contribution in [-0.2, 0) is 0 Å². The molecule has 2 aromatic heterocycles. The Labute approximate surface area is 185 Å². The second-order valence-electron chi connectivity index (χ2n) is 8.72. The third-order valence-corrected chi connectivity index (χ3v) is 6.52. The van der Waals surface area contributed by atoms with Gasteiger partial charge in [-0.3, -0.25) is 5.32 Å². The summed E-state index contributed by atoms with van der Waals surface area (Å²) in [4.78, 5) is 20.9. The lowest BCUT2D eigenvalue weighted by Crippen LogP contribution is -2.40. The van der Waals surface area contributed by atoms with Crippen molar-refractivity contribution in [1.29, 1.82) is 0 Å². The highest BCUT2D eigenvalue weighted by molar-refractivity contribution is 5.88. The van der Waals surface area contributed by atoms with E-state index in [-0.39, 0.29) is 12.1 Å². The molecule has 168 valence electrons. The monoisotopic (exact) mass is 440 g/mol. The van der Waals surface area contributed by atoms with E-state index in [2.05, 4.69) is 22.3 Å². The van der Waals surface area contributed by atoms with Gasteiger partial charge in [0.15, 0.2) is 11.5 Å². The average Bonchev–Trinajstić information content (AvgIpc) is 3.43. The lowest BCUT2D eigenvalue weighted by Gasteiger charge is -2.30. The van der Waals surface area contributed by atoms with E-state index in [9.17, 15) is 13.6 Å². The van der Waals surface area contributed by atoms with Crippen LogP contribution in [0.4, 0.5) is 25.2 Å². The van der Waals surface area contributed by atoms with Crippen molar-refractivity contribution in [2.24, 2.45) is 5.92 Å². The molecule has 1 aromatic carbocycles. The molecule has 2 amide bonds. The Bertz CT molecular complexity index is 1140. The molecule has 1 atom stereocenters. The summed E-state index contributed by atoms with van der Waals surface area (Å²) < 4.78 is 29.8. The minimum atomic E-state index is -0.455. The minimum Gasteiger partial charge on any atom is -0.348 e. The van der Waals surface area contributed by atoms with Crippen molar-refractivity contribution in [2.75, 3.05) is 29.9 Å². The van der Waals surface area contributed by atoms with Crippen LogP contribution >= 0.6 is 0 Å². The maximum absolute atomic E-state index is 14.4. The molecule has 7 nitrogen and oxygen atoms in total. The number of hydrogen-bond donors (Lipinski definition) is 1. The molecule has 0 unspecified atom stereocenters. The first-order valence-electron chi connectivity index (χ1n) is 11.1. The zero-order chi connectivity index (χ0) is 22.2. The number of fused-ring (bicyclic) bond motifs is 1. The van der Waals surface area contributed by atoms with Crippen molar-refractivity contribution < 1.29 is 13.6 Å². The van der Waals surface area contributed by atoms with Crippen LogP contribution in [0.5, 0.6) is 0 Å². The SMILES string of the molecule is CC1CCN(C(=O)Nc2cnc3ccc(N4CCC[C@@H]4c4cc(F)ccc4F)nn23)CC1. The Hall–Kier alpha value is -3.23. The van der Waals surface area contributed by atoms with Crippen LogP contribution in [0.3, 0.4) is 0 Å². The van der Waals surface area contributed by atoms with Crippen molar-refractivity contribution in [3.63, 3.8) is 0 Å². The number of aromatic nitrogens is 3. The van der Waals surface area contributed by atoms with Crippen LogP contribution in [0.2, 0.25) is 0 Å². The lowest BCUT2D eigenvalue weighted by molar-refractivity contribution is 0.186. The Morgan fingerprint density at radius 2 is 1.91 bits per heavy atom. The topological polar surface area (TPSA) is 65.8 Å². The van der Waals surface area contributed by atoms with Crippen molar-refractivity contribution in [3.05, 3.63) is 53.7 Å². The molecule has 0 aliphatic carbocycles. The van der Waals surface area contributed by atoms with Crippen LogP contribution in [0, 0.1) is 17.6 Å². The van der Waals surface area contributed by atoms with E-state index in [0.29, 0.717) is 41.7 Å². The number of amides is 2. The molecule has 2 aliphatic rings. The van der Waals surface area contributed by atoms with Gasteiger partial charge in [0.05, 0.1) is 12.2 Å². The predicted molar refractivity (Wildman–Crippen MR) is 118 cm³/mol. The number of anilines is 2. The maximum Gasteiger partial charge on any atom is 0.323 e.